The van der Waals surface area contributed by atoms with E-state index in [0.717, 1.165) is 22.6 Å². The van der Waals surface area contributed by atoms with Crippen molar-refractivity contribution in [3.63, 3.8) is 0 Å². The number of benzene rings is 1. The Morgan fingerprint density at radius 3 is 2.10 bits per heavy atom. The van der Waals surface area contributed by atoms with Gasteiger partial charge in [-0.3, -0.25) is 33.9 Å². The number of amides is 4. The number of aliphatic carboxylic acids is 1. The summed E-state index contributed by atoms with van der Waals surface area (Å²) in [6, 6.07) is 5.07. The normalized spacial score (nSPS) is 24.8. The number of fused-ring (bicyclic) bond motifs is 1. The van der Waals surface area contributed by atoms with Gasteiger partial charge in [0.2, 0.25) is 5.91 Å². The second-order valence-corrected chi connectivity index (χ2v) is 7.67. The van der Waals surface area contributed by atoms with E-state index in [1.165, 1.54) is 19.1 Å². The van der Waals surface area contributed by atoms with Crippen molar-refractivity contribution in [2.24, 2.45) is 0 Å². The number of piperidine rings is 1. The number of hydrogen-bond acceptors (Lipinski definition) is 6. The average Bonchev–Trinajstić information content (AvgIpc) is 3.31. The Morgan fingerprint density at radius 2 is 1.59 bits per heavy atom. The van der Waals surface area contributed by atoms with E-state index < -0.39 is 41.3 Å². The highest BCUT2D eigenvalue weighted by molar-refractivity contribution is 6.23. The average molecular weight is 399 g/mol. The van der Waals surface area contributed by atoms with E-state index in [-0.39, 0.29) is 24.0 Å². The third-order valence-electron chi connectivity index (χ3n) is 6.09. The number of imide groups is 2. The lowest BCUT2D eigenvalue weighted by atomic mass is 9.97. The van der Waals surface area contributed by atoms with Crippen LogP contribution in [-0.4, -0.2) is 74.2 Å². The van der Waals surface area contributed by atoms with Crippen LogP contribution in [0.15, 0.2) is 24.3 Å². The Kier molecular flexibility index (Phi) is 4.49. The van der Waals surface area contributed by atoms with Gasteiger partial charge in [-0.25, -0.2) is 4.79 Å². The Labute approximate surface area is 166 Å². The molecule has 2 saturated heterocycles. The summed E-state index contributed by atoms with van der Waals surface area (Å²) in [5.74, 6) is -3.95. The molecule has 29 heavy (non-hydrogen) atoms. The Morgan fingerprint density at radius 1 is 1.03 bits per heavy atom. The zero-order chi connectivity index (χ0) is 20.9. The van der Waals surface area contributed by atoms with Crippen LogP contribution in [0.25, 0.3) is 0 Å². The smallest absolute Gasteiger partial charge is 0.345 e. The van der Waals surface area contributed by atoms with Crippen molar-refractivity contribution in [3.05, 3.63) is 35.4 Å². The molecular formula is C20H21N3O6. The molecule has 152 valence electrons. The van der Waals surface area contributed by atoms with Crippen LogP contribution in [0.2, 0.25) is 0 Å². The summed E-state index contributed by atoms with van der Waals surface area (Å²) in [5.41, 5.74) is -1.45. The molecule has 0 spiro atoms. The molecule has 2 fully saturated rings. The molecule has 3 heterocycles. The molecule has 0 saturated carbocycles. The lowest BCUT2D eigenvalue weighted by Crippen LogP contribution is -2.70. The van der Waals surface area contributed by atoms with Crippen molar-refractivity contribution in [1.29, 1.82) is 0 Å². The molecule has 9 nitrogen and oxygen atoms in total. The molecular weight excluding hydrogens is 378 g/mol. The molecule has 2 unspecified atom stereocenters. The molecule has 2 atom stereocenters. The van der Waals surface area contributed by atoms with Crippen molar-refractivity contribution in [1.82, 2.24) is 14.7 Å². The molecule has 0 radical (unpaired) electrons. The Hall–Kier alpha value is -3.07. The van der Waals surface area contributed by atoms with Crippen molar-refractivity contribution in [2.45, 2.75) is 44.3 Å². The fourth-order valence-electron chi connectivity index (χ4n) is 4.48. The van der Waals surface area contributed by atoms with Crippen LogP contribution >= 0.6 is 0 Å². The molecule has 1 N–H and O–H groups in total. The van der Waals surface area contributed by atoms with Gasteiger partial charge in [0.25, 0.3) is 17.7 Å². The van der Waals surface area contributed by atoms with Crippen molar-refractivity contribution in [3.8, 4) is 0 Å². The maximum Gasteiger partial charge on any atom is 0.345 e. The van der Waals surface area contributed by atoms with Gasteiger partial charge in [0.05, 0.1) is 11.1 Å². The molecule has 3 aliphatic rings. The van der Waals surface area contributed by atoms with Gasteiger partial charge in [-0.2, -0.15) is 0 Å². The predicted octanol–water partition coefficient (Wildman–Crippen LogP) is 0.697. The van der Waals surface area contributed by atoms with Crippen LogP contribution in [0.3, 0.4) is 0 Å². The van der Waals surface area contributed by atoms with Crippen molar-refractivity contribution < 1.29 is 29.1 Å². The van der Waals surface area contributed by atoms with Crippen LogP contribution in [0.5, 0.6) is 0 Å². The fourth-order valence-corrected chi connectivity index (χ4v) is 4.48. The van der Waals surface area contributed by atoms with Gasteiger partial charge in [0.15, 0.2) is 5.66 Å². The molecule has 0 bridgehead atoms. The second kappa shape index (κ2) is 6.77. The standard InChI is InChI=1S/C20H21N3O6/c1-20(19(28)29,21-10-4-5-11-21)23-15(24)9-8-14(18(23)27)22-16(25)12-6-2-3-7-13(12)17(22)26/h2-3,6-7,14H,4-5,8-11H2,1H3,(H,28,29). The van der Waals surface area contributed by atoms with Gasteiger partial charge < -0.3 is 5.11 Å². The Bertz CT molecular complexity index is 903. The number of hydrogen-bond donors (Lipinski definition) is 1. The summed E-state index contributed by atoms with van der Waals surface area (Å²) in [7, 11) is 0. The van der Waals surface area contributed by atoms with Crippen molar-refractivity contribution in [2.75, 3.05) is 13.1 Å². The number of nitrogens with zero attached hydrogens (tertiary/aromatic N) is 3. The monoisotopic (exact) mass is 399 g/mol. The number of rotatable bonds is 4. The van der Waals surface area contributed by atoms with E-state index in [9.17, 15) is 29.1 Å². The number of carbonyl (C=O) groups is 5. The van der Waals surface area contributed by atoms with Crippen LogP contribution in [0.1, 0.15) is 53.3 Å². The first kappa shape index (κ1) is 19.3. The molecule has 4 amide bonds. The van der Waals surface area contributed by atoms with Gasteiger partial charge in [-0.15, -0.1) is 0 Å². The number of carboxylic acid groups (broad SMARTS) is 1. The van der Waals surface area contributed by atoms with Gasteiger partial charge >= 0.3 is 5.97 Å². The van der Waals surface area contributed by atoms with E-state index in [4.69, 9.17) is 0 Å². The molecule has 4 rings (SSSR count). The summed E-state index contributed by atoms with van der Waals surface area (Å²) < 4.78 is 0. The number of carbonyl (C=O) groups excluding carboxylic acids is 4. The van der Waals surface area contributed by atoms with E-state index in [1.54, 1.807) is 17.0 Å². The first-order chi connectivity index (χ1) is 13.8. The second-order valence-electron chi connectivity index (χ2n) is 7.67. The zero-order valence-electron chi connectivity index (χ0n) is 16.0. The topological polar surface area (TPSA) is 115 Å². The lowest BCUT2D eigenvalue weighted by Gasteiger charge is -2.46. The molecule has 0 aliphatic carbocycles. The number of carboxylic acids is 1. The highest BCUT2D eigenvalue weighted by Gasteiger charge is 2.56. The minimum absolute atomic E-state index is 0.0185. The van der Waals surface area contributed by atoms with E-state index in [1.807, 2.05) is 0 Å². The maximum atomic E-state index is 13.3. The van der Waals surface area contributed by atoms with Gasteiger partial charge in [-0.1, -0.05) is 12.1 Å². The zero-order valence-corrected chi connectivity index (χ0v) is 16.0. The maximum absolute atomic E-state index is 13.3. The third-order valence-corrected chi connectivity index (χ3v) is 6.09. The molecule has 3 aliphatic heterocycles. The van der Waals surface area contributed by atoms with Crippen molar-refractivity contribution >= 4 is 29.6 Å². The Balaban J connectivity index is 1.71. The quantitative estimate of drug-likeness (QED) is 0.741. The lowest BCUT2D eigenvalue weighted by molar-refractivity contribution is -0.182. The largest absolute Gasteiger partial charge is 0.478 e. The highest BCUT2D eigenvalue weighted by atomic mass is 16.4. The number of likely N-dealkylation sites (tertiary alicyclic amines) is 2. The summed E-state index contributed by atoms with van der Waals surface area (Å²) in [5, 5.41) is 9.94. The van der Waals surface area contributed by atoms with E-state index in [2.05, 4.69) is 0 Å². The molecule has 0 aromatic heterocycles. The van der Waals surface area contributed by atoms with Crippen LogP contribution in [-0.2, 0) is 14.4 Å². The summed E-state index contributed by atoms with van der Waals surface area (Å²) in [4.78, 5) is 67.0. The fraction of sp³-hybridized carbons (Fsp3) is 0.450. The first-order valence-electron chi connectivity index (χ1n) is 9.60. The van der Waals surface area contributed by atoms with E-state index in [0.29, 0.717) is 13.1 Å². The molecule has 1 aromatic rings. The van der Waals surface area contributed by atoms with Gasteiger partial charge in [0, 0.05) is 19.5 Å². The molecule has 1 aromatic carbocycles. The van der Waals surface area contributed by atoms with Crippen LogP contribution in [0, 0.1) is 0 Å². The summed E-state index contributed by atoms with van der Waals surface area (Å²) in [6.45, 7) is 2.22. The first-order valence-corrected chi connectivity index (χ1v) is 9.60. The minimum atomic E-state index is -1.86. The van der Waals surface area contributed by atoms with Gasteiger partial charge in [-0.05, 0) is 38.3 Å². The summed E-state index contributed by atoms with van der Waals surface area (Å²) >= 11 is 0. The predicted molar refractivity (Wildman–Crippen MR) is 98.7 cm³/mol. The minimum Gasteiger partial charge on any atom is -0.478 e. The SMILES string of the molecule is CC(C(=O)O)(N1CCCC1)N1C(=O)CCC(N2C(=O)c3ccccc3C2=O)C1=O. The van der Waals surface area contributed by atoms with E-state index >= 15 is 0 Å². The van der Waals surface area contributed by atoms with Crippen LogP contribution in [0.4, 0.5) is 0 Å². The van der Waals surface area contributed by atoms with Gasteiger partial charge in [0.1, 0.15) is 6.04 Å². The molecule has 9 heteroatoms. The third kappa shape index (κ3) is 2.68. The van der Waals surface area contributed by atoms with Crippen LogP contribution < -0.4 is 0 Å². The highest BCUT2D eigenvalue weighted by Crippen LogP contribution is 2.34. The summed E-state index contributed by atoms with van der Waals surface area (Å²) in [6.07, 6.45) is 1.39.